The Morgan fingerprint density at radius 3 is 2.57 bits per heavy atom. The molecule has 1 saturated heterocycles. The fourth-order valence-electron chi connectivity index (χ4n) is 4.79. The Kier molecular flexibility index (Phi) is 10.9. The Hall–Kier alpha value is -4.11. The molecule has 1 aliphatic rings. The average Bonchev–Trinajstić information content (AvgIpc) is 3.44. The fourth-order valence-corrected chi connectivity index (χ4v) is 5.40. The summed E-state index contributed by atoms with van der Waals surface area (Å²) >= 11 is 13.2. The van der Waals surface area contributed by atoms with Crippen molar-refractivity contribution in [2.24, 2.45) is 0 Å². The van der Waals surface area contributed by atoms with Gasteiger partial charge in [-0.15, -0.1) is 12.4 Å². The van der Waals surface area contributed by atoms with E-state index in [0.29, 0.717) is 28.4 Å². The Morgan fingerprint density at radius 1 is 1.07 bits per heavy atom. The minimum atomic E-state index is -0.421. The van der Waals surface area contributed by atoms with Gasteiger partial charge in [0.1, 0.15) is 17.9 Å². The zero-order valence-corrected chi connectivity index (χ0v) is 26.5. The molecule has 3 aromatic carbocycles. The molecule has 11 heteroatoms. The number of carbonyl (C=O) groups is 3. The van der Waals surface area contributed by atoms with Crippen molar-refractivity contribution >= 4 is 81.7 Å². The van der Waals surface area contributed by atoms with Crippen LogP contribution in [0.15, 0.2) is 72.8 Å². The Morgan fingerprint density at radius 2 is 1.84 bits per heavy atom. The van der Waals surface area contributed by atoms with Crippen molar-refractivity contribution in [3.8, 4) is 5.75 Å². The van der Waals surface area contributed by atoms with Gasteiger partial charge >= 0.3 is 0 Å². The van der Waals surface area contributed by atoms with Crippen molar-refractivity contribution in [2.45, 2.75) is 26.4 Å². The second-order valence-electron chi connectivity index (χ2n) is 10.2. The fraction of sp³-hybridized carbons (Fsp3) is 0.212. The summed E-state index contributed by atoms with van der Waals surface area (Å²) in [6.07, 6.45) is 4.43. The van der Waals surface area contributed by atoms with E-state index >= 15 is 0 Å². The number of ether oxygens (including phenoxy) is 1. The van der Waals surface area contributed by atoms with Crippen molar-refractivity contribution in [2.75, 3.05) is 29.9 Å². The molecule has 1 N–H and O–H groups in total. The molecule has 228 valence electrons. The summed E-state index contributed by atoms with van der Waals surface area (Å²) < 4.78 is 6.08. The number of para-hydroxylation sites is 1. The van der Waals surface area contributed by atoms with Crippen molar-refractivity contribution in [1.82, 2.24) is 10.3 Å². The number of aromatic nitrogens is 1. The summed E-state index contributed by atoms with van der Waals surface area (Å²) in [7, 11) is 1.58. The summed E-state index contributed by atoms with van der Waals surface area (Å²) in [5.41, 5.74) is 4.20. The highest BCUT2D eigenvalue weighted by atomic mass is 35.5. The highest BCUT2D eigenvalue weighted by Gasteiger charge is 2.22. The highest BCUT2D eigenvalue weighted by molar-refractivity contribution is 6.38. The molecular weight excluding hydrogens is 623 g/mol. The third-order valence-corrected chi connectivity index (χ3v) is 7.99. The monoisotopic (exact) mass is 652 g/mol. The zero-order valence-electron chi connectivity index (χ0n) is 24.2. The van der Waals surface area contributed by atoms with Crippen molar-refractivity contribution in [3.63, 3.8) is 0 Å². The molecule has 2 heterocycles. The zero-order chi connectivity index (χ0) is 30.5. The highest BCUT2D eigenvalue weighted by Crippen LogP contribution is 2.35. The van der Waals surface area contributed by atoms with Crippen molar-refractivity contribution < 1.29 is 19.1 Å². The van der Waals surface area contributed by atoms with Gasteiger partial charge in [0.15, 0.2) is 0 Å². The van der Waals surface area contributed by atoms with Crippen LogP contribution in [0.3, 0.4) is 0 Å². The number of rotatable bonds is 9. The number of nitrogens with zero attached hydrogens (tertiary/aromatic N) is 3. The molecule has 0 bridgehead atoms. The van der Waals surface area contributed by atoms with Gasteiger partial charge in [0.25, 0.3) is 0 Å². The van der Waals surface area contributed by atoms with Gasteiger partial charge in [0.2, 0.25) is 17.7 Å². The number of hydrogen-bond acceptors (Lipinski definition) is 5. The van der Waals surface area contributed by atoms with Crippen LogP contribution in [0.4, 0.5) is 11.4 Å². The van der Waals surface area contributed by atoms with E-state index < -0.39 is 5.91 Å². The number of fused-ring (bicyclic) bond motifs is 1. The normalized spacial score (nSPS) is 12.8. The molecular formula is C33H31Cl3N4O4. The van der Waals surface area contributed by atoms with E-state index in [2.05, 4.69) is 10.3 Å². The number of carbonyl (C=O) groups excluding carboxylic acids is 3. The maximum absolute atomic E-state index is 12.9. The minimum absolute atomic E-state index is 0. The minimum Gasteiger partial charge on any atom is -0.487 e. The van der Waals surface area contributed by atoms with Crippen LogP contribution in [-0.2, 0) is 21.0 Å². The van der Waals surface area contributed by atoms with E-state index in [1.807, 2.05) is 61.5 Å². The van der Waals surface area contributed by atoms with E-state index in [9.17, 15) is 14.4 Å². The lowest BCUT2D eigenvalue weighted by Gasteiger charge is -2.21. The molecule has 0 saturated carbocycles. The first-order valence-corrected chi connectivity index (χ1v) is 14.6. The van der Waals surface area contributed by atoms with Crippen LogP contribution in [0.1, 0.15) is 29.7 Å². The maximum atomic E-state index is 12.9. The number of halogens is 3. The molecule has 3 amide bonds. The first-order valence-electron chi connectivity index (χ1n) is 13.8. The van der Waals surface area contributed by atoms with E-state index in [-0.39, 0.29) is 42.4 Å². The second-order valence-corrected chi connectivity index (χ2v) is 11.0. The van der Waals surface area contributed by atoms with Crippen LogP contribution in [0.5, 0.6) is 5.75 Å². The molecule has 0 unspecified atom stereocenters. The second kappa shape index (κ2) is 14.6. The van der Waals surface area contributed by atoms with Crippen molar-refractivity contribution in [1.29, 1.82) is 0 Å². The van der Waals surface area contributed by atoms with E-state index in [0.717, 1.165) is 40.8 Å². The van der Waals surface area contributed by atoms with Crippen LogP contribution in [0.2, 0.25) is 10.0 Å². The Bertz CT molecular complexity index is 1730. The van der Waals surface area contributed by atoms with Gasteiger partial charge in [-0.2, -0.15) is 0 Å². The lowest BCUT2D eigenvalue weighted by molar-refractivity contribution is -0.122. The van der Waals surface area contributed by atoms with Crippen LogP contribution < -0.4 is 19.9 Å². The molecule has 4 aromatic rings. The molecule has 1 aromatic heterocycles. The number of anilines is 2. The number of hydrogen-bond donors (Lipinski definition) is 1. The van der Waals surface area contributed by atoms with Gasteiger partial charge in [-0.3, -0.25) is 14.4 Å². The summed E-state index contributed by atoms with van der Waals surface area (Å²) in [6.45, 7) is 2.47. The van der Waals surface area contributed by atoms with Gasteiger partial charge in [0, 0.05) is 53.4 Å². The summed E-state index contributed by atoms with van der Waals surface area (Å²) in [5.74, 6) is -0.0752. The topological polar surface area (TPSA) is 91.8 Å². The number of nitrogens with one attached hydrogen (secondary N) is 1. The molecule has 44 heavy (non-hydrogen) atoms. The molecule has 0 radical (unpaired) electrons. The first-order chi connectivity index (χ1) is 20.7. The van der Waals surface area contributed by atoms with Crippen LogP contribution >= 0.6 is 35.6 Å². The largest absolute Gasteiger partial charge is 0.487 e. The van der Waals surface area contributed by atoms with E-state index in [1.165, 1.54) is 11.0 Å². The number of amides is 3. The molecule has 5 rings (SSSR count). The Balaban J connectivity index is 0.00000442. The molecule has 1 aliphatic heterocycles. The van der Waals surface area contributed by atoms with Gasteiger partial charge in [0.05, 0.1) is 17.3 Å². The standard InChI is InChI=1S/C33H30Cl2N4O4.ClH/c1-21-8-12-23-5-3-6-28(33(23)37-21)43-20-25-26(34)15-16-27(32(25)35)38(2)31(42)19-36-29(40)17-11-22-9-13-24(14-10-22)39-18-4-7-30(39)41;/h3,5-6,8-17H,4,7,18-20H2,1-2H3,(H,36,40);1H/b17-11+;. The molecule has 0 aliphatic carbocycles. The predicted molar refractivity (Wildman–Crippen MR) is 178 cm³/mol. The van der Waals surface area contributed by atoms with Crippen LogP contribution in [0, 0.1) is 6.92 Å². The summed E-state index contributed by atoms with van der Waals surface area (Å²) in [4.78, 5) is 45.0. The lowest BCUT2D eigenvalue weighted by atomic mass is 10.1. The van der Waals surface area contributed by atoms with Gasteiger partial charge < -0.3 is 19.9 Å². The summed E-state index contributed by atoms with van der Waals surface area (Å²) in [6, 6.07) is 20.3. The molecule has 8 nitrogen and oxygen atoms in total. The average molecular weight is 654 g/mol. The maximum Gasteiger partial charge on any atom is 0.246 e. The SMILES string of the molecule is Cc1ccc2cccc(OCc3c(Cl)ccc(N(C)C(=O)CNC(=O)/C=C/c4ccc(N5CCCC5=O)cc4)c3Cl)c2n1.Cl. The molecule has 0 spiro atoms. The molecule has 1 fully saturated rings. The van der Waals surface area contributed by atoms with Gasteiger partial charge in [-0.1, -0.05) is 53.5 Å². The molecule has 0 atom stereocenters. The first kappa shape index (κ1) is 32.8. The van der Waals surface area contributed by atoms with E-state index in [1.54, 1.807) is 30.2 Å². The van der Waals surface area contributed by atoms with Gasteiger partial charge in [-0.25, -0.2) is 4.98 Å². The Labute approximate surface area is 272 Å². The number of benzene rings is 3. The van der Waals surface area contributed by atoms with Crippen LogP contribution in [0.25, 0.3) is 17.0 Å². The van der Waals surface area contributed by atoms with E-state index in [4.69, 9.17) is 27.9 Å². The van der Waals surface area contributed by atoms with Crippen molar-refractivity contribution in [3.05, 3.63) is 99.7 Å². The van der Waals surface area contributed by atoms with Crippen LogP contribution in [-0.4, -0.2) is 42.8 Å². The lowest BCUT2D eigenvalue weighted by Crippen LogP contribution is -2.37. The summed E-state index contributed by atoms with van der Waals surface area (Å²) in [5, 5.41) is 4.23. The number of likely N-dealkylation sites (N-methyl/N-ethyl adjacent to an activating group) is 1. The number of pyridine rings is 1. The smallest absolute Gasteiger partial charge is 0.246 e. The quantitative estimate of drug-likeness (QED) is 0.201. The third-order valence-electron chi connectivity index (χ3n) is 7.21. The number of aryl methyl sites for hydroxylation is 1. The van der Waals surface area contributed by atoms with Gasteiger partial charge in [-0.05, 0) is 61.4 Å². The third kappa shape index (κ3) is 7.50. The predicted octanol–water partition coefficient (Wildman–Crippen LogP) is 6.77.